The summed E-state index contributed by atoms with van der Waals surface area (Å²) in [5.74, 6) is -0.618. The van der Waals surface area contributed by atoms with Crippen LogP contribution >= 0.6 is 31.9 Å². The summed E-state index contributed by atoms with van der Waals surface area (Å²) in [5.41, 5.74) is 15.8. The number of benzene rings is 1. The number of carbonyl (C=O) groups excluding carboxylic acids is 2. The van der Waals surface area contributed by atoms with Crippen molar-refractivity contribution >= 4 is 49.8 Å². The second kappa shape index (κ2) is 10.1. The van der Waals surface area contributed by atoms with E-state index in [2.05, 4.69) is 42.2 Å². The van der Waals surface area contributed by atoms with Crippen molar-refractivity contribution in [2.45, 2.75) is 19.3 Å². The highest BCUT2D eigenvalue weighted by molar-refractivity contribution is 9.11. The summed E-state index contributed by atoms with van der Waals surface area (Å²) in [6.45, 7) is 0.852. The Morgan fingerprint density at radius 1 is 1.24 bits per heavy atom. The van der Waals surface area contributed by atoms with Crippen LogP contribution in [0, 0.1) is 0 Å². The van der Waals surface area contributed by atoms with Crippen molar-refractivity contribution in [2.75, 3.05) is 13.1 Å². The first-order chi connectivity index (χ1) is 11.7. The fourth-order valence-corrected chi connectivity index (χ4v) is 3.23. The van der Waals surface area contributed by atoms with Gasteiger partial charge in [0.25, 0.3) is 0 Å². The Kier molecular flexibility index (Phi) is 8.49. The molecule has 0 aliphatic rings. The van der Waals surface area contributed by atoms with Crippen LogP contribution in [0.25, 0.3) is 0 Å². The van der Waals surface area contributed by atoms with E-state index in [1.165, 1.54) is 6.07 Å². The van der Waals surface area contributed by atoms with Crippen molar-refractivity contribution in [1.82, 2.24) is 5.32 Å². The summed E-state index contributed by atoms with van der Waals surface area (Å²) in [7, 11) is 0. The lowest BCUT2D eigenvalue weighted by molar-refractivity contribution is -0.117. The van der Waals surface area contributed by atoms with Gasteiger partial charge in [-0.1, -0.05) is 0 Å². The highest BCUT2D eigenvalue weighted by Crippen LogP contribution is 2.41. The number of aromatic hydroxyl groups is 1. The Balaban J connectivity index is 2.65. The van der Waals surface area contributed by atoms with Gasteiger partial charge in [0.05, 0.1) is 15.4 Å². The number of unbranched alkanes of at least 4 members (excludes halogenated alkanes) is 1. The third-order valence-electron chi connectivity index (χ3n) is 2.95. The highest BCUT2D eigenvalue weighted by Gasteiger charge is 2.20. The molecule has 0 aliphatic heterocycles. The first-order valence-corrected chi connectivity index (χ1v) is 8.80. The Morgan fingerprint density at radius 3 is 2.52 bits per heavy atom. The van der Waals surface area contributed by atoms with Gasteiger partial charge >= 0.3 is 6.09 Å². The van der Waals surface area contributed by atoms with Crippen molar-refractivity contribution in [3.8, 4) is 11.5 Å². The quantitative estimate of drug-likeness (QED) is 0.212. The number of amides is 2. The summed E-state index contributed by atoms with van der Waals surface area (Å²) >= 11 is 6.41. The number of nitrogens with zero attached hydrogens (tertiary/aromatic N) is 1. The third kappa shape index (κ3) is 7.18. The highest BCUT2D eigenvalue weighted by atomic mass is 79.9. The molecule has 9 nitrogen and oxygen atoms in total. The molecule has 0 atom stereocenters. The van der Waals surface area contributed by atoms with Crippen LogP contribution in [0.3, 0.4) is 0 Å². The average Bonchev–Trinajstić information content (AvgIpc) is 2.51. The molecular weight excluding hydrogens is 462 g/mol. The molecule has 11 heteroatoms. The summed E-state index contributed by atoms with van der Waals surface area (Å²) in [5, 5.41) is 12.5. The predicted molar refractivity (Wildman–Crippen MR) is 100 cm³/mol. The van der Waals surface area contributed by atoms with E-state index >= 15 is 0 Å². The molecule has 0 aliphatic carbocycles. The second-order valence-electron chi connectivity index (χ2n) is 4.97. The number of nitrogens with two attached hydrogens (primary N) is 3. The average molecular weight is 481 g/mol. The van der Waals surface area contributed by atoms with Gasteiger partial charge in [0, 0.05) is 18.7 Å². The number of phenolic OH excluding ortho intramolecular Hbond substituents is 1. The Hall–Kier alpha value is -2.01. The van der Waals surface area contributed by atoms with Crippen molar-refractivity contribution in [2.24, 2.45) is 22.2 Å². The van der Waals surface area contributed by atoms with Crippen LogP contribution in [0.1, 0.15) is 18.4 Å². The first-order valence-electron chi connectivity index (χ1n) is 7.21. The maximum atomic E-state index is 11.9. The minimum absolute atomic E-state index is 0.0289. The number of aliphatic imine (C=N–C) groups is 1. The maximum absolute atomic E-state index is 11.9. The molecular formula is C14H19Br2N5O4. The summed E-state index contributed by atoms with van der Waals surface area (Å²) in [6.07, 6.45) is 0.478. The molecule has 0 radical (unpaired) electrons. The number of hydrogen-bond acceptors (Lipinski definition) is 5. The van der Waals surface area contributed by atoms with Gasteiger partial charge in [0.2, 0.25) is 5.91 Å². The summed E-state index contributed by atoms with van der Waals surface area (Å²) in [4.78, 5) is 26.8. The molecule has 0 fully saturated rings. The Morgan fingerprint density at radius 2 is 1.92 bits per heavy atom. The number of hydrogen-bond donors (Lipinski definition) is 5. The van der Waals surface area contributed by atoms with Crippen LogP contribution < -0.4 is 27.3 Å². The molecule has 0 spiro atoms. The van der Waals surface area contributed by atoms with Crippen LogP contribution in [0.5, 0.6) is 11.5 Å². The van der Waals surface area contributed by atoms with E-state index in [-0.39, 0.29) is 33.9 Å². The fraction of sp³-hybridized carbons (Fsp3) is 0.357. The number of primary amides is 1. The van der Waals surface area contributed by atoms with Gasteiger partial charge in [-0.3, -0.25) is 9.79 Å². The van der Waals surface area contributed by atoms with Crippen molar-refractivity contribution in [1.29, 1.82) is 0 Å². The minimum atomic E-state index is -0.682. The van der Waals surface area contributed by atoms with Crippen LogP contribution in [0.15, 0.2) is 20.0 Å². The van der Waals surface area contributed by atoms with Crippen molar-refractivity contribution < 1.29 is 19.4 Å². The Labute approximate surface area is 161 Å². The van der Waals surface area contributed by atoms with Crippen LogP contribution in [0.4, 0.5) is 4.79 Å². The predicted octanol–water partition coefficient (Wildman–Crippen LogP) is 1.09. The SMILES string of the molecule is NC(=O)Cc1c(O)cc(Br)c(OC(=O)NCCCCN=C(N)N)c1Br. The zero-order valence-electron chi connectivity index (χ0n) is 13.2. The van der Waals surface area contributed by atoms with Gasteiger partial charge in [-0.25, -0.2) is 4.79 Å². The first kappa shape index (κ1) is 21.0. The number of ether oxygens (including phenoxy) is 1. The lowest BCUT2D eigenvalue weighted by Crippen LogP contribution is -2.28. The molecule has 8 N–H and O–H groups in total. The standard InChI is InChI=1S/C14H19Br2N5O4/c15-8-6-9(22)7(5-10(17)23)11(16)12(8)25-14(24)21-4-2-1-3-20-13(18)19/h6,22H,1-5H2,(H2,17,23)(H,21,24)(H4,18,19,20). The monoisotopic (exact) mass is 479 g/mol. The number of phenols is 1. The smallest absolute Gasteiger partial charge is 0.412 e. The lowest BCUT2D eigenvalue weighted by Gasteiger charge is -2.14. The van der Waals surface area contributed by atoms with Gasteiger partial charge < -0.3 is 32.4 Å². The summed E-state index contributed by atoms with van der Waals surface area (Å²) < 4.78 is 5.83. The van der Waals surface area contributed by atoms with E-state index in [4.69, 9.17) is 21.9 Å². The molecule has 0 aromatic heterocycles. The van der Waals surface area contributed by atoms with E-state index in [0.29, 0.717) is 30.4 Å². The molecule has 1 aromatic rings. The normalized spacial score (nSPS) is 10.2. The topological polar surface area (TPSA) is 166 Å². The molecule has 0 saturated heterocycles. The zero-order chi connectivity index (χ0) is 19.0. The van der Waals surface area contributed by atoms with Crippen molar-refractivity contribution in [3.63, 3.8) is 0 Å². The molecule has 1 aromatic carbocycles. The molecule has 0 heterocycles. The van der Waals surface area contributed by atoms with E-state index in [9.17, 15) is 14.7 Å². The van der Waals surface area contributed by atoms with Gasteiger partial charge in [-0.15, -0.1) is 0 Å². The Bertz CT molecular complexity index is 678. The molecule has 0 saturated carbocycles. The maximum Gasteiger partial charge on any atom is 0.412 e. The van der Waals surface area contributed by atoms with Crippen molar-refractivity contribution in [3.05, 3.63) is 20.6 Å². The van der Waals surface area contributed by atoms with E-state index in [0.717, 1.165) is 0 Å². The molecule has 0 bridgehead atoms. The largest absolute Gasteiger partial charge is 0.508 e. The van der Waals surface area contributed by atoms with E-state index < -0.39 is 12.0 Å². The molecule has 138 valence electrons. The van der Waals surface area contributed by atoms with E-state index in [1.807, 2.05) is 0 Å². The molecule has 25 heavy (non-hydrogen) atoms. The van der Waals surface area contributed by atoms with Gasteiger partial charge in [0.1, 0.15) is 5.75 Å². The fourth-order valence-electron chi connectivity index (χ4n) is 1.83. The number of halogens is 2. The van der Waals surface area contributed by atoms with Gasteiger partial charge in [-0.2, -0.15) is 0 Å². The molecule has 1 rings (SSSR count). The van der Waals surface area contributed by atoms with Gasteiger partial charge in [-0.05, 0) is 50.8 Å². The summed E-state index contributed by atoms with van der Waals surface area (Å²) in [6, 6.07) is 1.32. The lowest BCUT2D eigenvalue weighted by atomic mass is 10.1. The number of carbonyl (C=O) groups is 2. The second-order valence-corrected chi connectivity index (χ2v) is 6.62. The van der Waals surface area contributed by atoms with Crippen LogP contribution in [0.2, 0.25) is 0 Å². The van der Waals surface area contributed by atoms with Gasteiger partial charge in [0.15, 0.2) is 11.7 Å². The van der Waals surface area contributed by atoms with Crippen LogP contribution in [-0.4, -0.2) is 36.2 Å². The molecule has 2 amide bonds. The third-order valence-corrected chi connectivity index (χ3v) is 4.38. The zero-order valence-corrected chi connectivity index (χ0v) is 16.4. The van der Waals surface area contributed by atoms with Crippen LogP contribution in [-0.2, 0) is 11.2 Å². The number of guanidine groups is 1. The van der Waals surface area contributed by atoms with E-state index in [1.54, 1.807) is 0 Å². The molecule has 0 unspecified atom stereocenters. The number of rotatable bonds is 8. The number of nitrogens with one attached hydrogen (secondary N) is 1. The minimum Gasteiger partial charge on any atom is -0.508 e.